The van der Waals surface area contributed by atoms with E-state index < -0.39 is 0 Å². The summed E-state index contributed by atoms with van der Waals surface area (Å²) in [4.78, 5) is 12.3. The largest absolute Gasteiger partial charge is 0.325 e. The van der Waals surface area contributed by atoms with E-state index in [1.165, 1.54) is 11.8 Å². The Kier molecular flexibility index (Phi) is 6.57. The molecule has 0 radical (unpaired) electrons. The molecule has 6 nitrogen and oxygen atoms in total. The van der Waals surface area contributed by atoms with Gasteiger partial charge in [0.05, 0.1) is 16.3 Å². The molecular weight excluding hydrogens is 417 g/mol. The molecule has 0 spiro atoms. The summed E-state index contributed by atoms with van der Waals surface area (Å²) in [7, 11) is 0. The zero-order valence-electron chi connectivity index (χ0n) is 14.8. The highest BCUT2D eigenvalue weighted by Crippen LogP contribution is 2.25. The molecule has 0 aliphatic rings. The Morgan fingerprint density at radius 2 is 1.96 bits per heavy atom. The average molecular weight is 432 g/mol. The summed E-state index contributed by atoms with van der Waals surface area (Å²) >= 11 is 13.2. The first kappa shape index (κ1) is 20.2. The van der Waals surface area contributed by atoms with Gasteiger partial charge < -0.3 is 9.88 Å². The molecule has 3 rings (SSSR count). The van der Waals surface area contributed by atoms with Gasteiger partial charge in [-0.3, -0.25) is 4.79 Å². The first-order valence-corrected chi connectivity index (χ1v) is 10.1. The molecule has 1 heterocycles. The normalized spacial score (nSPS) is 10.5. The van der Waals surface area contributed by atoms with Crippen molar-refractivity contribution in [3.63, 3.8) is 0 Å². The van der Waals surface area contributed by atoms with Crippen molar-refractivity contribution in [2.45, 2.75) is 18.6 Å². The van der Waals surface area contributed by atoms with Crippen LogP contribution in [0.5, 0.6) is 0 Å². The summed E-state index contributed by atoms with van der Waals surface area (Å²) in [6.45, 7) is 2.66. The van der Waals surface area contributed by atoms with Crippen molar-refractivity contribution in [3.8, 4) is 17.5 Å². The SMILES string of the molecule is CCn1c(SCC(=O)Nc2ccc(C#N)c(Cl)c2)nnc1-c1ccc(Cl)cc1. The van der Waals surface area contributed by atoms with Crippen LogP contribution in [-0.4, -0.2) is 26.4 Å². The minimum absolute atomic E-state index is 0.163. The van der Waals surface area contributed by atoms with E-state index >= 15 is 0 Å². The number of halogens is 2. The molecule has 0 saturated heterocycles. The number of carbonyl (C=O) groups is 1. The molecule has 28 heavy (non-hydrogen) atoms. The minimum Gasteiger partial charge on any atom is -0.325 e. The van der Waals surface area contributed by atoms with E-state index in [2.05, 4.69) is 15.5 Å². The van der Waals surface area contributed by atoms with Crippen LogP contribution in [0.4, 0.5) is 5.69 Å². The van der Waals surface area contributed by atoms with E-state index in [1.54, 1.807) is 30.3 Å². The third-order valence-corrected chi connectivity index (χ3v) is 5.37. The average Bonchev–Trinajstić information content (AvgIpc) is 3.10. The predicted octanol–water partition coefficient (Wildman–Crippen LogP) is 4.87. The molecular formula is C19H15Cl2N5OS. The summed E-state index contributed by atoms with van der Waals surface area (Å²) < 4.78 is 1.94. The van der Waals surface area contributed by atoms with E-state index in [0.29, 0.717) is 33.0 Å². The summed E-state index contributed by atoms with van der Waals surface area (Å²) in [5.74, 6) is 0.682. The van der Waals surface area contributed by atoms with Crippen molar-refractivity contribution in [1.29, 1.82) is 5.26 Å². The van der Waals surface area contributed by atoms with Crippen LogP contribution in [0.25, 0.3) is 11.4 Å². The van der Waals surface area contributed by atoms with Crippen molar-refractivity contribution < 1.29 is 4.79 Å². The standard InChI is InChI=1S/C19H15Cl2N5OS/c1-2-26-18(12-3-6-14(20)7-4-12)24-25-19(26)28-11-17(27)23-15-8-5-13(10-22)16(21)9-15/h3-9H,2,11H2,1H3,(H,23,27). The van der Waals surface area contributed by atoms with Gasteiger partial charge in [0.15, 0.2) is 11.0 Å². The molecule has 0 aliphatic heterocycles. The fourth-order valence-corrected chi connectivity index (χ4v) is 3.65. The predicted molar refractivity (Wildman–Crippen MR) is 112 cm³/mol. The monoisotopic (exact) mass is 431 g/mol. The van der Waals surface area contributed by atoms with Gasteiger partial charge in [0.2, 0.25) is 5.91 Å². The second-order valence-electron chi connectivity index (χ2n) is 5.70. The number of nitrogens with one attached hydrogen (secondary N) is 1. The van der Waals surface area contributed by atoms with Gasteiger partial charge in [0.25, 0.3) is 0 Å². The maximum absolute atomic E-state index is 12.3. The molecule has 142 valence electrons. The maximum Gasteiger partial charge on any atom is 0.234 e. The Labute approximate surface area is 176 Å². The molecule has 0 aliphatic carbocycles. The van der Waals surface area contributed by atoms with Gasteiger partial charge in [-0.05, 0) is 49.4 Å². The molecule has 1 aromatic heterocycles. The molecule has 0 fully saturated rings. The van der Waals surface area contributed by atoms with Gasteiger partial charge >= 0.3 is 0 Å². The number of nitrogens with zero attached hydrogens (tertiary/aromatic N) is 4. The zero-order valence-corrected chi connectivity index (χ0v) is 17.1. The Balaban J connectivity index is 1.67. The van der Waals surface area contributed by atoms with Crippen LogP contribution >= 0.6 is 35.0 Å². The van der Waals surface area contributed by atoms with E-state index in [4.69, 9.17) is 28.5 Å². The first-order chi connectivity index (χ1) is 13.5. The lowest BCUT2D eigenvalue weighted by Crippen LogP contribution is -2.14. The number of benzene rings is 2. The van der Waals surface area contributed by atoms with Gasteiger partial charge in [-0.2, -0.15) is 5.26 Å². The molecule has 0 bridgehead atoms. The third-order valence-electron chi connectivity index (χ3n) is 3.84. The Bertz CT molecular complexity index is 1040. The van der Waals surface area contributed by atoms with E-state index in [9.17, 15) is 4.79 Å². The maximum atomic E-state index is 12.3. The summed E-state index contributed by atoms with van der Waals surface area (Å²) in [5, 5.41) is 21.7. The molecule has 0 atom stereocenters. The van der Waals surface area contributed by atoms with Crippen LogP contribution in [0, 0.1) is 11.3 Å². The van der Waals surface area contributed by atoms with Gasteiger partial charge in [0.1, 0.15) is 6.07 Å². The number of amides is 1. The third kappa shape index (κ3) is 4.65. The number of hydrogen-bond donors (Lipinski definition) is 1. The summed E-state index contributed by atoms with van der Waals surface area (Å²) in [6, 6.07) is 14.1. The van der Waals surface area contributed by atoms with Crippen molar-refractivity contribution in [2.24, 2.45) is 0 Å². The number of hydrogen-bond acceptors (Lipinski definition) is 5. The van der Waals surface area contributed by atoms with Gasteiger partial charge in [-0.25, -0.2) is 0 Å². The van der Waals surface area contributed by atoms with E-state index in [1.807, 2.05) is 29.7 Å². The lowest BCUT2D eigenvalue weighted by atomic mass is 10.2. The minimum atomic E-state index is -0.204. The Hall–Kier alpha value is -2.53. The number of thioether (sulfide) groups is 1. The number of nitriles is 1. The van der Waals surface area contributed by atoms with E-state index in [-0.39, 0.29) is 11.7 Å². The smallest absolute Gasteiger partial charge is 0.234 e. The highest BCUT2D eigenvalue weighted by molar-refractivity contribution is 7.99. The fraction of sp³-hybridized carbons (Fsp3) is 0.158. The molecule has 1 N–H and O–H groups in total. The molecule has 9 heteroatoms. The lowest BCUT2D eigenvalue weighted by Gasteiger charge is -2.08. The highest BCUT2D eigenvalue weighted by atomic mass is 35.5. The molecule has 3 aromatic rings. The van der Waals surface area contributed by atoms with Gasteiger partial charge in [-0.15, -0.1) is 10.2 Å². The van der Waals surface area contributed by atoms with Crippen molar-refractivity contribution in [3.05, 3.63) is 58.1 Å². The quantitative estimate of drug-likeness (QED) is 0.562. The number of rotatable bonds is 6. The van der Waals surface area contributed by atoms with Crippen molar-refractivity contribution in [2.75, 3.05) is 11.1 Å². The fourth-order valence-electron chi connectivity index (χ4n) is 2.50. The highest BCUT2D eigenvalue weighted by Gasteiger charge is 2.15. The summed E-state index contributed by atoms with van der Waals surface area (Å²) in [6.07, 6.45) is 0. The van der Waals surface area contributed by atoms with Crippen LogP contribution in [0.15, 0.2) is 47.6 Å². The Morgan fingerprint density at radius 3 is 2.61 bits per heavy atom. The van der Waals surface area contributed by atoms with Gasteiger partial charge in [-0.1, -0.05) is 35.0 Å². The van der Waals surface area contributed by atoms with Crippen LogP contribution in [0.2, 0.25) is 10.0 Å². The van der Waals surface area contributed by atoms with Gasteiger partial charge in [0, 0.05) is 22.8 Å². The number of aromatic nitrogens is 3. The molecule has 2 aromatic carbocycles. The molecule has 0 unspecified atom stereocenters. The second kappa shape index (κ2) is 9.11. The van der Waals surface area contributed by atoms with Crippen LogP contribution < -0.4 is 5.32 Å². The van der Waals surface area contributed by atoms with Crippen molar-refractivity contribution >= 4 is 46.6 Å². The van der Waals surface area contributed by atoms with Crippen LogP contribution in [-0.2, 0) is 11.3 Å². The number of anilines is 1. The van der Waals surface area contributed by atoms with Crippen molar-refractivity contribution in [1.82, 2.24) is 14.8 Å². The topological polar surface area (TPSA) is 83.6 Å². The Morgan fingerprint density at radius 1 is 1.21 bits per heavy atom. The van der Waals surface area contributed by atoms with Crippen LogP contribution in [0.1, 0.15) is 12.5 Å². The van der Waals surface area contributed by atoms with Crippen LogP contribution in [0.3, 0.4) is 0 Å². The second-order valence-corrected chi connectivity index (χ2v) is 7.49. The zero-order chi connectivity index (χ0) is 20.1. The molecule has 1 amide bonds. The first-order valence-electron chi connectivity index (χ1n) is 8.33. The lowest BCUT2D eigenvalue weighted by molar-refractivity contribution is -0.113. The number of carbonyl (C=O) groups excluding carboxylic acids is 1. The summed E-state index contributed by atoms with van der Waals surface area (Å²) in [5.41, 5.74) is 1.80. The molecule has 0 saturated carbocycles. The van der Waals surface area contributed by atoms with E-state index in [0.717, 1.165) is 11.4 Å².